The van der Waals surface area contributed by atoms with Crippen LogP contribution in [-0.2, 0) is 13.5 Å². The van der Waals surface area contributed by atoms with Gasteiger partial charge in [0.05, 0.1) is 11.0 Å². The normalized spacial score (nSPS) is 11.8. The van der Waals surface area contributed by atoms with Crippen molar-refractivity contribution in [1.82, 2.24) is 14.0 Å². The van der Waals surface area contributed by atoms with E-state index in [1.54, 1.807) is 0 Å². The highest BCUT2D eigenvalue weighted by Crippen LogP contribution is 2.25. The molecule has 3 aromatic rings. The largest absolute Gasteiger partial charge is 0.330 e. The highest BCUT2D eigenvalue weighted by molar-refractivity contribution is 6.31. The molecule has 0 fully saturated rings. The van der Waals surface area contributed by atoms with Crippen LogP contribution < -0.4 is 5.73 Å². The molecule has 1 aromatic carbocycles. The number of rotatable bonds is 2. The molecule has 2 aromatic heterocycles. The van der Waals surface area contributed by atoms with Crippen molar-refractivity contribution in [2.45, 2.75) is 13.3 Å². The fraction of sp³-hybridized carbons (Fsp3) is 0.308. The number of imidazole rings is 2. The van der Waals surface area contributed by atoms with Gasteiger partial charge in [0.2, 0.25) is 5.78 Å². The van der Waals surface area contributed by atoms with Crippen LogP contribution in [-0.4, -0.2) is 20.5 Å². The lowest BCUT2D eigenvalue weighted by Crippen LogP contribution is -2.06. The van der Waals surface area contributed by atoms with Crippen molar-refractivity contribution < 1.29 is 0 Å². The lowest BCUT2D eigenvalue weighted by molar-refractivity contribution is 0.820. The highest BCUT2D eigenvalue weighted by atomic mass is 35.5. The standard InChI is InChI=1S/C13H15ClN4/c1-8-5-9(14)6-11-12(8)16-13-17(2)10(3-4-15)7-18(11)13/h5-7H,3-4,15H2,1-2H3. The van der Waals surface area contributed by atoms with E-state index in [9.17, 15) is 0 Å². The number of halogens is 1. The zero-order chi connectivity index (χ0) is 12.9. The summed E-state index contributed by atoms with van der Waals surface area (Å²) in [6.45, 7) is 2.67. The van der Waals surface area contributed by atoms with Crippen LogP contribution in [0.25, 0.3) is 16.8 Å². The third-order valence-electron chi connectivity index (χ3n) is 3.34. The van der Waals surface area contributed by atoms with Crippen LogP contribution in [0.15, 0.2) is 18.3 Å². The summed E-state index contributed by atoms with van der Waals surface area (Å²) in [6, 6.07) is 3.90. The molecule has 0 unspecified atom stereocenters. The summed E-state index contributed by atoms with van der Waals surface area (Å²) in [5.41, 5.74) is 9.95. The van der Waals surface area contributed by atoms with Gasteiger partial charge in [-0.05, 0) is 31.2 Å². The van der Waals surface area contributed by atoms with E-state index in [4.69, 9.17) is 17.3 Å². The number of hydrogen-bond donors (Lipinski definition) is 1. The number of aryl methyl sites for hydroxylation is 2. The Labute approximate surface area is 110 Å². The van der Waals surface area contributed by atoms with Gasteiger partial charge in [0.1, 0.15) is 0 Å². The summed E-state index contributed by atoms with van der Waals surface area (Å²) < 4.78 is 4.17. The molecule has 2 N–H and O–H groups in total. The number of aromatic nitrogens is 3. The molecule has 2 heterocycles. The van der Waals surface area contributed by atoms with Crippen LogP contribution in [0.1, 0.15) is 11.3 Å². The molecule has 0 radical (unpaired) electrons. The second-order valence-corrected chi connectivity index (χ2v) is 5.03. The van der Waals surface area contributed by atoms with E-state index in [1.165, 1.54) is 5.69 Å². The maximum Gasteiger partial charge on any atom is 0.214 e. The topological polar surface area (TPSA) is 48.2 Å². The Bertz CT molecular complexity index is 738. The van der Waals surface area contributed by atoms with Gasteiger partial charge in [0.15, 0.2) is 0 Å². The molecule has 0 saturated carbocycles. The SMILES string of the molecule is Cc1cc(Cl)cc2c1nc1n(C)c(CCN)cn21. The predicted molar refractivity (Wildman–Crippen MR) is 74.2 cm³/mol. The molecule has 4 nitrogen and oxygen atoms in total. The summed E-state index contributed by atoms with van der Waals surface area (Å²) in [5, 5.41) is 0.742. The van der Waals surface area contributed by atoms with Crippen molar-refractivity contribution in [2.75, 3.05) is 6.54 Å². The van der Waals surface area contributed by atoms with Crippen molar-refractivity contribution in [2.24, 2.45) is 12.8 Å². The lowest BCUT2D eigenvalue weighted by Gasteiger charge is -1.99. The van der Waals surface area contributed by atoms with Gasteiger partial charge in [-0.25, -0.2) is 4.98 Å². The zero-order valence-electron chi connectivity index (χ0n) is 10.4. The van der Waals surface area contributed by atoms with Crippen LogP contribution in [0.4, 0.5) is 0 Å². The summed E-state index contributed by atoms with van der Waals surface area (Å²) in [6.07, 6.45) is 2.94. The Morgan fingerprint density at radius 1 is 1.39 bits per heavy atom. The summed E-state index contributed by atoms with van der Waals surface area (Å²) in [4.78, 5) is 4.68. The minimum Gasteiger partial charge on any atom is -0.330 e. The van der Waals surface area contributed by atoms with Gasteiger partial charge in [-0.2, -0.15) is 0 Å². The van der Waals surface area contributed by atoms with Crippen LogP contribution in [0.3, 0.4) is 0 Å². The van der Waals surface area contributed by atoms with E-state index < -0.39 is 0 Å². The van der Waals surface area contributed by atoms with Crippen LogP contribution >= 0.6 is 11.6 Å². The molecule has 94 valence electrons. The minimum atomic E-state index is 0.638. The Morgan fingerprint density at radius 2 is 2.17 bits per heavy atom. The number of benzene rings is 1. The lowest BCUT2D eigenvalue weighted by atomic mass is 10.2. The Hall–Kier alpha value is -1.52. The van der Waals surface area contributed by atoms with E-state index >= 15 is 0 Å². The van der Waals surface area contributed by atoms with Gasteiger partial charge in [-0.3, -0.25) is 4.40 Å². The molecule has 0 aliphatic rings. The third kappa shape index (κ3) is 1.53. The van der Waals surface area contributed by atoms with Gasteiger partial charge in [0.25, 0.3) is 0 Å². The number of hydrogen-bond acceptors (Lipinski definition) is 2. The average Bonchev–Trinajstić information content (AvgIpc) is 2.80. The van der Waals surface area contributed by atoms with E-state index in [0.717, 1.165) is 33.8 Å². The van der Waals surface area contributed by atoms with E-state index in [0.29, 0.717) is 6.54 Å². The third-order valence-corrected chi connectivity index (χ3v) is 3.56. The first kappa shape index (κ1) is 11.6. The number of nitrogens with zero attached hydrogens (tertiary/aromatic N) is 3. The van der Waals surface area contributed by atoms with Gasteiger partial charge in [0, 0.05) is 30.4 Å². The average molecular weight is 263 g/mol. The molecular weight excluding hydrogens is 248 g/mol. The first-order chi connectivity index (χ1) is 8.61. The van der Waals surface area contributed by atoms with E-state index in [1.807, 2.05) is 26.1 Å². The zero-order valence-corrected chi connectivity index (χ0v) is 11.2. The first-order valence-corrected chi connectivity index (χ1v) is 6.32. The summed E-state index contributed by atoms with van der Waals surface area (Å²) in [7, 11) is 2.02. The van der Waals surface area contributed by atoms with Gasteiger partial charge >= 0.3 is 0 Å². The fourth-order valence-electron chi connectivity index (χ4n) is 2.42. The summed E-state index contributed by atoms with van der Waals surface area (Å²) in [5.74, 6) is 0.929. The Morgan fingerprint density at radius 3 is 2.89 bits per heavy atom. The van der Waals surface area contributed by atoms with Gasteiger partial charge in [-0.1, -0.05) is 11.6 Å². The van der Waals surface area contributed by atoms with Crippen LogP contribution in [0, 0.1) is 6.92 Å². The van der Waals surface area contributed by atoms with Crippen molar-refractivity contribution in [3.8, 4) is 0 Å². The number of nitrogens with two attached hydrogens (primary N) is 1. The maximum atomic E-state index is 6.12. The molecule has 0 aliphatic carbocycles. The Kier molecular flexibility index (Phi) is 2.57. The molecule has 3 rings (SSSR count). The van der Waals surface area contributed by atoms with Gasteiger partial charge < -0.3 is 10.3 Å². The van der Waals surface area contributed by atoms with Crippen molar-refractivity contribution in [3.63, 3.8) is 0 Å². The van der Waals surface area contributed by atoms with Crippen molar-refractivity contribution in [1.29, 1.82) is 0 Å². The number of fused-ring (bicyclic) bond motifs is 3. The smallest absolute Gasteiger partial charge is 0.214 e. The first-order valence-electron chi connectivity index (χ1n) is 5.94. The molecule has 5 heteroatoms. The van der Waals surface area contributed by atoms with E-state index in [-0.39, 0.29) is 0 Å². The molecular formula is C13H15ClN4. The second kappa shape index (κ2) is 4.00. The highest BCUT2D eigenvalue weighted by Gasteiger charge is 2.13. The molecule has 18 heavy (non-hydrogen) atoms. The van der Waals surface area contributed by atoms with Gasteiger partial charge in [-0.15, -0.1) is 0 Å². The summed E-state index contributed by atoms with van der Waals surface area (Å²) >= 11 is 6.12. The molecule has 0 atom stereocenters. The molecule has 0 amide bonds. The quantitative estimate of drug-likeness (QED) is 0.770. The fourth-order valence-corrected chi connectivity index (χ4v) is 2.68. The Balaban J connectivity index is 2.38. The van der Waals surface area contributed by atoms with Crippen LogP contribution in [0.5, 0.6) is 0 Å². The molecule has 0 spiro atoms. The maximum absolute atomic E-state index is 6.12. The molecule has 0 saturated heterocycles. The molecule has 0 aliphatic heterocycles. The van der Waals surface area contributed by atoms with Crippen molar-refractivity contribution in [3.05, 3.63) is 34.6 Å². The van der Waals surface area contributed by atoms with Crippen molar-refractivity contribution >= 4 is 28.4 Å². The predicted octanol–water partition coefficient (Wildman–Crippen LogP) is 2.29. The van der Waals surface area contributed by atoms with E-state index in [2.05, 4.69) is 20.1 Å². The second-order valence-electron chi connectivity index (χ2n) is 4.59. The minimum absolute atomic E-state index is 0.638. The van der Waals surface area contributed by atoms with Crippen LogP contribution in [0.2, 0.25) is 5.02 Å². The molecule has 0 bridgehead atoms. The monoisotopic (exact) mass is 262 g/mol.